The largest absolute Gasteiger partial charge is 2.00 e. The first kappa shape index (κ1) is 24.5. The van der Waals surface area contributed by atoms with E-state index in [2.05, 4.69) is 55.6 Å². The topological polar surface area (TPSA) is 127 Å². The normalized spacial score (nSPS) is 12.5. The first-order valence-corrected chi connectivity index (χ1v) is 8.14. The maximum absolute atomic E-state index is 5.16. The number of amidine groups is 2. The maximum Gasteiger partial charge on any atom is 2.00 e. The fraction of sp³-hybridized carbons (Fsp3) is 0.125. The average molecular weight is 441 g/mol. The molecule has 1 radical (unpaired) electrons. The van der Waals surface area contributed by atoms with Gasteiger partial charge in [-0.3, -0.25) is 9.97 Å². The third-order valence-electron chi connectivity index (χ3n) is 2.67. The first-order valence-electron chi connectivity index (χ1n) is 7.32. The molecule has 8 nitrogen and oxygen atoms in total. The van der Waals surface area contributed by atoms with E-state index in [0.29, 0.717) is 11.4 Å². The molecule has 0 aliphatic rings. The number of hydrogen-bond donors (Lipinski definition) is 2. The molecule has 0 unspecified atom stereocenters. The molecule has 0 fully saturated rings. The molecular formula is C16H18MnN8S2. The summed E-state index contributed by atoms with van der Waals surface area (Å²) in [6, 6.07) is 11.1. The van der Waals surface area contributed by atoms with Crippen molar-refractivity contribution in [1.29, 1.82) is 0 Å². The van der Waals surface area contributed by atoms with Gasteiger partial charge in [0, 0.05) is 12.4 Å². The summed E-state index contributed by atoms with van der Waals surface area (Å²) in [6.07, 6.45) is 3.38. The zero-order valence-electron chi connectivity index (χ0n) is 14.7. The van der Waals surface area contributed by atoms with Crippen LogP contribution in [0.1, 0.15) is 25.2 Å². The van der Waals surface area contributed by atoms with Crippen molar-refractivity contribution in [2.24, 2.45) is 31.9 Å². The van der Waals surface area contributed by atoms with Gasteiger partial charge in [-0.2, -0.15) is 20.4 Å². The minimum absolute atomic E-state index is 0. The van der Waals surface area contributed by atoms with Gasteiger partial charge in [-0.05, 0) is 48.4 Å². The second kappa shape index (κ2) is 13.7. The molecule has 4 N–H and O–H groups in total. The van der Waals surface area contributed by atoms with Crippen molar-refractivity contribution < 1.29 is 17.1 Å². The molecule has 0 bridgehead atoms. The van der Waals surface area contributed by atoms with Crippen LogP contribution in [0.25, 0.3) is 0 Å². The van der Waals surface area contributed by atoms with Crippen LogP contribution in [0.4, 0.5) is 0 Å². The molecule has 2 rings (SSSR count). The van der Waals surface area contributed by atoms with Crippen LogP contribution >= 0.6 is 0 Å². The van der Waals surface area contributed by atoms with Gasteiger partial charge in [0.05, 0.1) is 22.8 Å². The van der Waals surface area contributed by atoms with E-state index >= 15 is 0 Å². The Morgan fingerprint density at radius 2 is 1.11 bits per heavy atom. The Hall–Kier alpha value is -2.46. The van der Waals surface area contributed by atoms with Gasteiger partial charge >= 0.3 is 17.1 Å². The average Bonchev–Trinajstić information content (AvgIpc) is 2.66. The SMILES string of the molecule is C/C(=N\N=C(\N)[S-])c1ccccn1.C/C(=N\N=C(\N)[S-])c1ccccn1.[Mn+2]. The monoisotopic (exact) mass is 441 g/mol. The number of pyridine rings is 2. The van der Waals surface area contributed by atoms with Crippen molar-refractivity contribution in [3.63, 3.8) is 0 Å². The van der Waals surface area contributed by atoms with Gasteiger partial charge in [0.1, 0.15) is 0 Å². The van der Waals surface area contributed by atoms with Gasteiger partial charge in [-0.25, -0.2) is 0 Å². The minimum Gasteiger partial charge on any atom is -0.741 e. The fourth-order valence-electron chi connectivity index (χ4n) is 1.50. The molecule has 0 aliphatic carbocycles. The molecule has 0 spiro atoms. The first-order chi connectivity index (χ1) is 12.4. The number of hydrogen-bond acceptors (Lipinski definition) is 8. The molecular weight excluding hydrogens is 423 g/mol. The number of nitrogens with two attached hydrogens (primary N) is 2. The molecule has 27 heavy (non-hydrogen) atoms. The summed E-state index contributed by atoms with van der Waals surface area (Å²) in [7, 11) is 0. The van der Waals surface area contributed by atoms with Crippen LogP contribution < -0.4 is 11.5 Å². The van der Waals surface area contributed by atoms with Crippen LogP contribution in [0.3, 0.4) is 0 Å². The summed E-state index contributed by atoms with van der Waals surface area (Å²) in [5.41, 5.74) is 13.2. The van der Waals surface area contributed by atoms with Crippen LogP contribution in [-0.2, 0) is 42.3 Å². The Morgan fingerprint density at radius 3 is 1.37 bits per heavy atom. The van der Waals surface area contributed by atoms with Crippen molar-refractivity contribution in [2.45, 2.75) is 13.8 Å². The summed E-state index contributed by atoms with van der Waals surface area (Å²) in [5.74, 6) is 0. The van der Waals surface area contributed by atoms with Gasteiger partial charge < -0.3 is 36.7 Å². The predicted octanol–water partition coefficient (Wildman–Crippen LogP) is 1.33. The van der Waals surface area contributed by atoms with E-state index in [1.807, 2.05) is 36.4 Å². The van der Waals surface area contributed by atoms with Crippen LogP contribution in [0.2, 0.25) is 0 Å². The second-order valence-corrected chi connectivity index (χ2v) is 5.51. The van der Waals surface area contributed by atoms with Gasteiger partial charge in [0.25, 0.3) is 0 Å². The summed E-state index contributed by atoms with van der Waals surface area (Å²) in [4.78, 5) is 8.16. The van der Waals surface area contributed by atoms with E-state index in [-0.39, 0.29) is 27.4 Å². The standard InChI is InChI=1S/2C8H10N4S.Mn/c2*1-6(11-12-8(9)13)7-4-2-3-5-10-7;/h2*2-5H,1H3,(H3,9,12,13);/q;;+2/p-2/b2*11-6+;. The van der Waals surface area contributed by atoms with E-state index in [4.69, 9.17) is 11.5 Å². The van der Waals surface area contributed by atoms with Crippen LogP contribution in [0, 0.1) is 0 Å². The van der Waals surface area contributed by atoms with Crippen LogP contribution in [-0.4, -0.2) is 31.7 Å². The van der Waals surface area contributed by atoms with Crippen molar-refractivity contribution in [1.82, 2.24) is 9.97 Å². The van der Waals surface area contributed by atoms with Crippen molar-refractivity contribution in [3.05, 3.63) is 60.2 Å². The molecule has 2 heterocycles. The smallest absolute Gasteiger partial charge is 0.741 e. The van der Waals surface area contributed by atoms with Gasteiger partial charge in [-0.1, -0.05) is 12.1 Å². The molecule has 141 valence electrons. The van der Waals surface area contributed by atoms with Crippen molar-refractivity contribution in [3.8, 4) is 0 Å². The molecule has 2 aromatic heterocycles. The minimum atomic E-state index is 0. The Labute approximate surface area is 179 Å². The molecule has 0 saturated heterocycles. The van der Waals surface area contributed by atoms with Crippen LogP contribution in [0.15, 0.2) is 69.2 Å². The fourth-order valence-corrected chi connectivity index (χ4v) is 1.59. The summed E-state index contributed by atoms with van der Waals surface area (Å²) in [5, 5.41) is 14.8. The Kier molecular flexibility index (Phi) is 12.5. The molecule has 0 aromatic carbocycles. The van der Waals surface area contributed by atoms with E-state index in [9.17, 15) is 0 Å². The zero-order valence-corrected chi connectivity index (χ0v) is 17.5. The molecule has 2 aromatic rings. The van der Waals surface area contributed by atoms with E-state index in [1.165, 1.54) is 0 Å². The quantitative estimate of drug-likeness (QED) is 0.242. The van der Waals surface area contributed by atoms with Gasteiger partial charge in [0.15, 0.2) is 0 Å². The van der Waals surface area contributed by atoms with Gasteiger partial charge in [0.2, 0.25) is 0 Å². The maximum atomic E-state index is 5.16. The molecule has 0 aliphatic heterocycles. The van der Waals surface area contributed by atoms with Crippen LogP contribution in [0.5, 0.6) is 0 Å². The van der Waals surface area contributed by atoms with E-state index < -0.39 is 0 Å². The Bertz CT molecular complexity index is 730. The summed E-state index contributed by atoms with van der Waals surface area (Å²) >= 11 is 9.10. The van der Waals surface area contributed by atoms with E-state index in [1.54, 1.807) is 26.2 Å². The number of aromatic nitrogens is 2. The Balaban J connectivity index is 0.000000483. The molecule has 11 heteroatoms. The summed E-state index contributed by atoms with van der Waals surface area (Å²) in [6.45, 7) is 3.59. The molecule has 0 saturated carbocycles. The predicted molar refractivity (Wildman–Crippen MR) is 111 cm³/mol. The van der Waals surface area contributed by atoms with Crippen molar-refractivity contribution >= 4 is 47.0 Å². The van der Waals surface area contributed by atoms with Crippen molar-refractivity contribution in [2.75, 3.05) is 0 Å². The summed E-state index contributed by atoms with van der Waals surface area (Å²) < 4.78 is 0. The Morgan fingerprint density at radius 1 is 0.741 bits per heavy atom. The third kappa shape index (κ3) is 11.0. The third-order valence-corrected chi connectivity index (χ3v) is 2.83. The van der Waals surface area contributed by atoms with Gasteiger partial charge in [-0.15, -0.1) is 0 Å². The number of rotatable bonds is 4. The van der Waals surface area contributed by atoms with E-state index in [0.717, 1.165) is 11.4 Å². The second-order valence-electron chi connectivity index (χ2n) is 4.68. The zero-order chi connectivity index (χ0) is 19.4. The molecule has 0 atom stereocenters. The molecule has 0 amide bonds. The number of nitrogens with zero attached hydrogens (tertiary/aromatic N) is 6.